The third-order valence-electron chi connectivity index (χ3n) is 4.92. The van der Waals surface area contributed by atoms with Crippen LogP contribution < -0.4 is 15.1 Å². The van der Waals surface area contributed by atoms with E-state index in [1.165, 1.54) is 29.9 Å². The fourth-order valence-corrected chi connectivity index (χ4v) is 4.45. The number of carbonyl (C=O) groups excluding carboxylic acids is 1. The Morgan fingerprint density at radius 2 is 1.89 bits per heavy atom. The smallest absolute Gasteiger partial charge is 0.414 e. The molecule has 142 valence electrons. The number of hydrogen-bond acceptors (Lipinski definition) is 5. The Bertz CT molecular complexity index is 830. The van der Waals surface area contributed by atoms with Crippen LogP contribution in [0.3, 0.4) is 0 Å². The van der Waals surface area contributed by atoms with Crippen molar-refractivity contribution in [2.24, 2.45) is 0 Å². The second-order valence-electron chi connectivity index (χ2n) is 6.79. The molecule has 2 aromatic rings. The summed E-state index contributed by atoms with van der Waals surface area (Å²) in [6, 6.07) is 11.9. The maximum atomic E-state index is 12.3. The fraction of sp³-hybridized carbons (Fsp3) is 0.350. The molecule has 0 saturated carbocycles. The number of anilines is 2. The summed E-state index contributed by atoms with van der Waals surface area (Å²) in [5, 5.41) is 3.24. The lowest BCUT2D eigenvalue weighted by molar-refractivity contribution is 0.142. The minimum absolute atomic E-state index is 0.219. The molecule has 2 saturated heterocycles. The van der Waals surface area contributed by atoms with E-state index in [1.807, 2.05) is 24.3 Å². The average molecular weight is 404 g/mol. The van der Waals surface area contributed by atoms with Crippen LogP contribution in [0, 0.1) is 0 Å². The number of nitrogens with one attached hydrogen (secondary N) is 1. The molecule has 27 heavy (non-hydrogen) atoms. The topological polar surface area (TPSA) is 44.8 Å². The molecule has 1 atom stereocenters. The summed E-state index contributed by atoms with van der Waals surface area (Å²) in [5.41, 5.74) is 2.87. The van der Waals surface area contributed by atoms with Gasteiger partial charge in [-0.3, -0.25) is 4.90 Å². The van der Waals surface area contributed by atoms with Crippen molar-refractivity contribution >= 4 is 46.1 Å². The Morgan fingerprint density at radius 3 is 2.56 bits per heavy atom. The highest BCUT2D eigenvalue weighted by atomic mass is 35.5. The van der Waals surface area contributed by atoms with Gasteiger partial charge in [-0.1, -0.05) is 18.2 Å². The van der Waals surface area contributed by atoms with Gasteiger partial charge in [0.1, 0.15) is 6.10 Å². The Labute approximate surface area is 168 Å². The highest BCUT2D eigenvalue weighted by Gasteiger charge is 2.32. The monoisotopic (exact) mass is 403 g/mol. The second kappa shape index (κ2) is 7.82. The predicted octanol–water partition coefficient (Wildman–Crippen LogP) is 4.59. The number of carbonyl (C=O) groups is 1. The van der Waals surface area contributed by atoms with E-state index >= 15 is 0 Å². The Hall–Kier alpha value is -2.18. The average Bonchev–Trinajstić information content (AvgIpc) is 3.41. The van der Waals surface area contributed by atoms with E-state index in [9.17, 15) is 4.79 Å². The number of ether oxygens (including phenoxy) is 1. The number of benzene rings is 1. The minimum Gasteiger partial charge on any atom is -0.442 e. The highest BCUT2D eigenvalue weighted by Crippen LogP contribution is 2.28. The van der Waals surface area contributed by atoms with E-state index in [-0.39, 0.29) is 12.2 Å². The van der Waals surface area contributed by atoms with Crippen molar-refractivity contribution in [2.45, 2.75) is 18.9 Å². The molecule has 0 spiro atoms. The van der Waals surface area contributed by atoms with Crippen molar-refractivity contribution in [2.75, 3.05) is 36.0 Å². The summed E-state index contributed by atoms with van der Waals surface area (Å²) in [6.45, 7) is 7.28. The van der Waals surface area contributed by atoms with E-state index in [0.29, 0.717) is 13.1 Å². The molecule has 1 N–H and O–H groups in total. The van der Waals surface area contributed by atoms with Crippen LogP contribution >= 0.6 is 22.9 Å². The van der Waals surface area contributed by atoms with Gasteiger partial charge in [-0.2, -0.15) is 0 Å². The van der Waals surface area contributed by atoms with E-state index in [2.05, 4.69) is 28.9 Å². The van der Waals surface area contributed by atoms with Crippen LogP contribution in [0.5, 0.6) is 0 Å². The molecule has 3 heterocycles. The molecule has 7 heteroatoms. The highest BCUT2D eigenvalue weighted by molar-refractivity contribution is 7.17. The molecular weight excluding hydrogens is 382 g/mol. The van der Waals surface area contributed by atoms with Crippen molar-refractivity contribution < 1.29 is 9.53 Å². The molecule has 2 aliphatic rings. The van der Waals surface area contributed by atoms with Crippen LogP contribution in [0.2, 0.25) is 4.34 Å². The number of rotatable bonds is 6. The van der Waals surface area contributed by atoms with Crippen LogP contribution in [-0.2, 0) is 4.74 Å². The molecule has 2 fully saturated rings. The first-order valence-electron chi connectivity index (χ1n) is 9.12. The molecule has 2 aliphatic heterocycles. The van der Waals surface area contributed by atoms with Crippen molar-refractivity contribution in [3.63, 3.8) is 0 Å². The molecule has 0 bridgehead atoms. The van der Waals surface area contributed by atoms with E-state index < -0.39 is 0 Å². The van der Waals surface area contributed by atoms with Crippen LogP contribution in [-0.4, -0.2) is 38.4 Å². The Morgan fingerprint density at radius 1 is 1.19 bits per heavy atom. The maximum absolute atomic E-state index is 12.3. The van der Waals surface area contributed by atoms with Gasteiger partial charge in [0.05, 0.1) is 22.3 Å². The van der Waals surface area contributed by atoms with Gasteiger partial charge >= 0.3 is 6.09 Å². The van der Waals surface area contributed by atoms with Gasteiger partial charge in [-0.05, 0) is 49.2 Å². The molecule has 1 amide bonds. The van der Waals surface area contributed by atoms with Gasteiger partial charge in [-0.25, -0.2) is 4.79 Å². The number of halogens is 1. The van der Waals surface area contributed by atoms with Crippen molar-refractivity contribution in [1.82, 2.24) is 5.32 Å². The molecule has 1 aromatic heterocycles. The first kappa shape index (κ1) is 18.2. The normalized spacial score (nSPS) is 19.4. The molecule has 4 rings (SSSR count). The Kier molecular flexibility index (Phi) is 5.27. The SMILES string of the molecule is C=C(NCC1CN(c2ccc(N3CCCC3)cc2)C(=O)O1)c1ccc(Cl)s1. The maximum Gasteiger partial charge on any atom is 0.414 e. The standard InChI is InChI=1S/C20H22ClN3O2S/c1-14(18-8-9-19(21)27-18)22-12-17-13-24(20(25)26-17)16-6-4-15(5-7-16)23-10-2-3-11-23/h4-9,17,22H,1-3,10-13H2. The van der Waals surface area contributed by atoms with Gasteiger partial charge in [0.25, 0.3) is 0 Å². The van der Waals surface area contributed by atoms with Gasteiger partial charge in [-0.15, -0.1) is 11.3 Å². The Balaban J connectivity index is 1.34. The molecule has 1 aromatic carbocycles. The van der Waals surface area contributed by atoms with Crippen molar-refractivity contribution in [3.05, 3.63) is 52.2 Å². The van der Waals surface area contributed by atoms with Crippen molar-refractivity contribution in [1.29, 1.82) is 0 Å². The van der Waals surface area contributed by atoms with Crippen LogP contribution in [0.4, 0.5) is 16.2 Å². The molecule has 0 radical (unpaired) electrons. The van der Waals surface area contributed by atoms with Crippen LogP contribution in [0.15, 0.2) is 43.0 Å². The van der Waals surface area contributed by atoms with Crippen molar-refractivity contribution in [3.8, 4) is 0 Å². The number of thiophene rings is 1. The zero-order valence-corrected chi connectivity index (χ0v) is 16.6. The summed E-state index contributed by atoms with van der Waals surface area (Å²) in [4.78, 5) is 17.3. The molecule has 0 aliphatic carbocycles. The number of hydrogen-bond donors (Lipinski definition) is 1. The minimum atomic E-state index is -0.305. The predicted molar refractivity (Wildman–Crippen MR) is 112 cm³/mol. The van der Waals surface area contributed by atoms with E-state index in [4.69, 9.17) is 16.3 Å². The van der Waals surface area contributed by atoms with Crippen LogP contribution in [0.25, 0.3) is 5.70 Å². The zero-order chi connectivity index (χ0) is 18.8. The van der Waals surface area contributed by atoms with Gasteiger partial charge in [0, 0.05) is 30.2 Å². The summed E-state index contributed by atoms with van der Waals surface area (Å²) in [7, 11) is 0. The molecule has 5 nitrogen and oxygen atoms in total. The third kappa shape index (κ3) is 4.06. The summed E-state index contributed by atoms with van der Waals surface area (Å²) in [6.07, 6.45) is 1.97. The summed E-state index contributed by atoms with van der Waals surface area (Å²) in [5.74, 6) is 0. The lowest BCUT2D eigenvalue weighted by Gasteiger charge is -2.19. The largest absolute Gasteiger partial charge is 0.442 e. The lowest BCUT2D eigenvalue weighted by atomic mass is 10.2. The van der Waals surface area contributed by atoms with Gasteiger partial charge in [0.15, 0.2) is 0 Å². The lowest BCUT2D eigenvalue weighted by Crippen LogP contribution is -2.30. The second-order valence-corrected chi connectivity index (χ2v) is 8.51. The number of amides is 1. The van der Waals surface area contributed by atoms with E-state index in [1.54, 1.807) is 4.90 Å². The number of cyclic esters (lactones) is 1. The first-order valence-corrected chi connectivity index (χ1v) is 10.3. The quantitative estimate of drug-likeness (QED) is 0.766. The molecule has 1 unspecified atom stereocenters. The zero-order valence-electron chi connectivity index (χ0n) is 15.0. The van der Waals surface area contributed by atoms with Gasteiger partial charge in [0.2, 0.25) is 0 Å². The summed E-state index contributed by atoms with van der Waals surface area (Å²) >= 11 is 7.43. The number of nitrogens with zero attached hydrogens (tertiary/aromatic N) is 2. The third-order valence-corrected chi connectivity index (χ3v) is 6.21. The van der Waals surface area contributed by atoms with Gasteiger partial charge < -0.3 is 15.0 Å². The van der Waals surface area contributed by atoms with E-state index in [0.717, 1.165) is 33.7 Å². The summed E-state index contributed by atoms with van der Waals surface area (Å²) < 4.78 is 6.23. The first-order chi connectivity index (χ1) is 13.1. The van der Waals surface area contributed by atoms with Crippen LogP contribution in [0.1, 0.15) is 17.7 Å². The molecular formula is C20H22ClN3O2S. The fourth-order valence-electron chi connectivity index (χ4n) is 3.46.